The zero-order valence-corrected chi connectivity index (χ0v) is 12.0. The van der Waals surface area contributed by atoms with Crippen molar-refractivity contribution in [3.63, 3.8) is 0 Å². The lowest BCUT2D eigenvalue weighted by Crippen LogP contribution is -2.46. The molecular formula is C14H28N2O3. The van der Waals surface area contributed by atoms with Crippen molar-refractivity contribution in [3.05, 3.63) is 0 Å². The van der Waals surface area contributed by atoms with E-state index in [1.54, 1.807) is 0 Å². The smallest absolute Gasteiger partial charge is 0.435 e. The predicted octanol–water partition coefficient (Wildman–Crippen LogP) is 2.94. The summed E-state index contributed by atoms with van der Waals surface area (Å²) in [5.74, 6) is 0.774. The van der Waals surface area contributed by atoms with Gasteiger partial charge >= 0.3 is 6.09 Å². The van der Waals surface area contributed by atoms with E-state index in [9.17, 15) is 4.79 Å². The summed E-state index contributed by atoms with van der Waals surface area (Å²) in [4.78, 5) is 17.9. The topological polar surface area (TPSA) is 51.1 Å². The van der Waals surface area contributed by atoms with E-state index >= 15 is 0 Å². The SMILES string of the molecule is C.CC(C)OC(=O)N=C(N1CCOCC1)C(C)(C)C. The van der Waals surface area contributed by atoms with Crippen LogP contribution in [0.5, 0.6) is 0 Å². The zero-order valence-electron chi connectivity index (χ0n) is 12.0. The number of ether oxygens (including phenoxy) is 2. The van der Waals surface area contributed by atoms with E-state index in [2.05, 4.69) is 9.89 Å². The Morgan fingerprint density at radius 2 is 1.79 bits per heavy atom. The molecule has 0 aliphatic carbocycles. The quantitative estimate of drug-likeness (QED) is 0.544. The summed E-state index contributed by atoms with van der Waals surface area (Å²) in [5.41, 5.74) is -0.187. The van der Waals surface area contributed by atoms with Gasteiger partial charge in [0.25, 0.3) is 0 Å². The van der Waals surface area contributed by atoms with Gasteiger partial charge in [0.2, 0.25) is 0 Å². The Balaban J connectivity index is 0.00000324. The van der Waals surface area contributed by atoms with Gasteiger partial charge < -0.3 is 14.4 Å². The number of nitrogens with zero attached hydrogens (tertiary/aromatic N) is 2. The average molecular weight is 272 g/mol. The van der Waals surface area contributed by atoms with Gasteiger partial charge in [0.15, 0.2) is 0 Å². The van der Waals surface area contributed by atoms with E-state index in [4.69, 9.17) is 9.47 Å². The standard InChI is InChI=1S/C13H24N2O3.CH4/c1-10(2)18-12(16)14-11(13(3,4)5)15-6-8-17-9-7-15;/h10H,6-9H2,1-5H3;1H4. The maximum atomic E-state index is 11.7. The third-order valence-corrected chi connectivity index (χ3v) is 2.52. The van der Waals surface area contributed by atoms with Gasteiger partial charge in [-0.25, -0.2) is 4.79 Å². The van der Waals surface area contributed by atoms with Gasteiger partial charge in [-0.3, -0.25) is 0 Å². The first-order valence-electron chi connectivity index (χ1n) is 6.43. The van der Waals surface area contributed by atoms with Gasteiger partial charge in [-0.15, -0.1) is 0 Å². The van der Waals surface area contributed by atoms with Crippen molar-refractivity contribution in [2.24, 2.45) is 10.4 Å². The third-order valence-electron chi connectivity index (χ3n) is 2.52. The van der Waals surface area contributed by atoms with Crippen molar-refractivity contribution in [3.8, 4) is 0 Å². The van der Waals surface area contributed by atoms with Crippen molar-refractivity contribution in [1.29, 1.82) is 0 Å². The largest absolute Gasteiger partial charge is 0.445 e. The maximum absolute atomic E-state index is 11.7. The molecule has 1 amide bonds. The Kier molecular flexibility index (Phi) is 7.05. The van der Waals surface area contributed by atoms with Gasteiger partial charge in [0, 0.05) is 18.5 Å². The fourth-order valence-electron chi connectivity index (χ4n) is 1.80. The van der Waals surface area contributed by atoms with Crippen molar-refractivity contribution in [2.75, 3.05) is 26.3 Å². The van der Waals surface area contributed by atoms with Crippen LogP contribution in [0.3, 0.4) is 0 Å². The van der Waals surface area contributed by atoms with Crippen LogP contribution in [0.1, 0.15) is 42.0 Å². The molecule has 0 aromatic carbocycles. The lowest BCUT2D eigenvalue weighted by molar-refractivity contribution is 0.0640. The normalized spacial score (nSPS) is 17.2. The first-order valence-corrected chi connectivity index (χ1v) is 6.43. The van der Waals surface area contributed by atoms with Gasteiger partial charge in [-0.1, -0.05) is 28.2 Å². The van der Waals surface area contributed by atoms with Crippen molar-refractivity contribution in [2.45, 2.75) is 48.1 Å². The minimum atomic E-state index is -0.513. The van der Waals surface area contributed by atoms with Crippen LogP contribution in [0, 0.1) is 5.41 Å². The molecule has 0 N–H and O–H groups in total. The summed E-state index contributed by atoms with van der Waals surface area (Å²) < 4.78 is 10.4. The molecule has 1 aliphatic heterocycles. The highest BCUT2D eigenvalue weighted by atomic mass is 16.6. The second-order valence-electron chi connectivity index (χ2n) is 5.72. The summed E-state index contributed by atoms with van der Waals surface area (Å²) >= 11 is 0. The van der Waals surface area contributed by atoms with Crippen LogP contribution >= 0.6 is 0 Å². The molecule has 1 fully saturated rings. The number of carbonyl (C=O) groups excluding carboxylic acids is 1. The van der Waals surface area contributed by atoms with Crippen molar-refractivity contribution in [1.82, 2.24) is 4.90 Å². The van der Waals surface area contributed by atoms with E-state index in [-0.39, 0.29) is 18.9 Å². The number of amides is 1. The molecule has 0 aromatic rings. The molecule has 0 spiro atoms. The van der Waals surface area contributed by atoms with Crippen LogP contribution in [-0.2, 0) is 9.47 Å². The van der Waals surface area contributed by atoms with E-state index in [0.717, 1.165) is 18.9 Å². The van der Waals surface area contributed by atoms with Crippen LogP contribution in [0.15, 0.2) is 4.99 Å². The number of morpholine rings is 1. The Bertz CT molecular complexity index is 313. The molecule has 5 heteroatoms. The van der Waals surface area contributed by atoms with Gasteiger partial charge in [0.1, 0.15) is 5.84 Å². The second kappa shape index (κ2) is 7.48. The first-order chi connectivity index (χ1) is 8.30. The minimum absolute atomic E-state index is 0. The highest BCUT2D eigenvalue weighted by Gasteiger charge is 2.27. The number of rotatable bonds is 1. The molecule has 0 bridgehead atoms. The van der Waals surface area contributed by atoms with Gasteiger partial charge in [0.05, 0.1) is 19.3 Å². The van der Waals surface area contributed by atoms with E-state index in [1.807, 2.05) is 34.6 Å². The minimum Gasteiger partial charge on any atom is -0.445 e. The molecule has 19 heavy (non-hydrogen) atoms. The van der Waals surface area contributed by atoms with Crippen LogP contribution in [-0.4, -0.2) is 49.2 Å². The fraction of sp³-hybridized carbons (Fsp3) is 0.857. The molecule has 1 rings (SSSR count). The van der Waals surface area contributed by atoms with Crippen molar-refractivity contribution < 1.29 is 14.3 Å². The number of carbonyl (C=O) groups is 1. The average Bonchev–Trinajstić information content (AvgIpc) is 2.24. The molecule has 5 nitrogen and oxygen atoms in total. The Morgan fingerprint density at radius 1 is 1.26 bits per heavy atom. The molecule has 112 valence electrons. The highest BCUT2D eigenvalue weighted by molar-refractivity contribution is 5.95. The third kappa shape index (κ3) is 6.05. The van der Waals surface area contributed by atoms with Crippen LogP contribution in [0.2, 0.25) is 0 Å². The number of aliphatic imine (C=N–C) groups is 1. The van der Waals surface area contributed by atoms with E-state index < -0.39 is 6.09 Å². The van der Waals surface area contributed by atoms with Crippen LogP contribution in [0.25, 0.3) is 0 Å². The van der Waals surface area contributed by atoms with Gasteiger partial charge in [-0.05, 0) is 13.8 Å². The Morgan fingerprint density at radius 3 is 2.21 bits per heavy atom. The molecule has 0 atom stereocenters. The Labute approximate surface area is 117 Å². The monoisotopic (exact) mass is 272 g/mol. The number of amidine groups is 1. The van der Waals surface area contributed by atoms with Crippen molar-refractivity contribution >= 4 is 11.9 Å². The Hall–Kier alpha value is -1.10. The molecule has 1 heterocycles. The lowest BCUT2D eigenvalue weighted by atomic mass is 9.93. The maximum Gasteiger partial charge on any atom is 0.435 e. The summed E-state index contributed by atoms with van der Waals surface area (Å²) in [6, 6.07) is 0. The zero-order chi connectivity index (χ0) is 13.8. The van der Waals surface area contributed by atoms with Crippen LogP contribution in [0.4, 0.5) is 4.79 Å². The van der Waals surface area contributed by atoms with E-state index in [1.165, 1.54) is 0 Å². The molecule has 0 saturated carbocycles. The highest BCUT2D eigenvalue weighted by Crippen LogP contribution is 2.20. The number of hydrogen-bond acceptors (Lipinski definition) is 3. The fourth-order valence-corrected chi connectivity index (χ4v) is 1.80. The summed E-state index contributed by atoms with van der Waals surface area (Å²) in [7, 11) is 0. The summed E-state index contributed by atoms with van der Waals surface area (Å²) in [5, 5.41) is 0. The second-order valence-corrected chi connectivity index (χ2v) is 5.72. The van der Waals surface area contributed by atoms with Crippen LogP contribution < -0.4 is 0 Å². The molecule has 1 aliphatic rings. The molecule has 0 aromatic heterocycles. The van der Waals surface area contributed by atoms with Gasteiger partial charge in [-0.2, -0.15) is 4.99 Å². The molecule has 1 saturated heterocycles. The molecule has 0 radical (unpaired) electrons. The predicted molar refractivity (Wildman–Crippen MR) is 77.6 cm³/mol. The lowest BCUT2D eigenvalue weighted by Gasteiger charge is -2.35. The first kappa shape index (κ1) is 17.9. The van der Waals surface area contributed by atoms with E-state index in [0.29, 0.717) is 13.2 Å². The summed E-state index contributed by atoms with van der Waals surface area (Å²) in [6.07, 6.45) is -0.659. The molecular weight excluding hydrogens is 244 g/mol. The molecule has 0 unspecified atom stereocenters. The summed E-state index contributed by atoms with van der Waals surface area (Å²) in [6.45, 7) is 12.7. The number of hydrogen-bond donors (Lipinski definition) is 0.